The molecule has 1 aromatic rings. The van der Waals surface area contributed by atoms with Gasteiger partial charge in [0.15, 0.2) is 0 Å². The average molecular weight is 272 g/mol. The summed E-state index contributed by atoms with van der Waals surface area (Å²) in [7, 11) is -3.21. The largest absolute Gasteiger partial charge is 0.389 e. The molecule has 1 atom stereocenters. The number of nitrogens with zero attached hydrogens (tertiary/aromatic N) is 1. The van der Waals surface area contributed by atoms with Gasteiger partial charge in [-0.25, -0.2) is 13.1 Å². The molecule has 2 N–H and O–H groups in total. The van der Waals surface area contributed by atoms with Crippen LogP contribution < -0.4 is 4.72 Å². The highest BCUT2D eigenvalue weighted by atomic mass is 32.2. The lowest BCUT2D eigenvalue weighted by Crippen LogP contribution is -2.26. The van der Waals surface area contributed by atoms with Crippen LogP contribution in [0, 0.1) is 6.92 Å². The molecule has 5 nitrogen and oxygen atoms in total. The maximum absolute atomic E-state index is 11.5. The molecule has 0 amide bonds. The highest BCUT2D eigenvalue weighted by molar-refractivity contribution is 7.89. The third kappa shape index (κ3) is 4.36. The number of nitrogens with one attached hydrogen (secondary N) is 1. The number of hydrogen-bond donors (Lipinski definition) is 2. The first-order chi connectivity index (χ1) is 8.35. The smallest absolute Gasteiger partial charge is 0.211 e. The number of rotatable bonds is 6. The van der Waals surface area contributed by atoms with E-state index in [2.05, 4.69) is 9.71 Å². The zero-order valence-electron chi connectivity index (χ0n) is 11.0. The van der Waals surface area contributed by atoms with Crippen LogP contribution in [0.25, 0.3) is 0 Å². The normalized spacial score (nSPS) is 13.6. The van der Waals surface area contributed by atoms with Gasteiger partial charge in [-0.1, -0.05) is 13.0 Å². The lowest BCUT2D eigenvalue weighted by molar-refractivity contribution is 0.198. The molecule has 0 aliphatic carbocycles. The highest BCUT2D eigenvalue weighted by Gasteiger charge is 2.10. The van der Waals surface area contributed by atoms with E-state index in [-0.39, 0.29) is 12.3 Å². The second kappa shape index (κ2) is 6.26. The fourth-order valence-corrected chi connectivity index (χ4v) is 2.74. The quantitative estimate of drug-likeness (QED) is 0.817. The number of aliphatic hydroxyl groups is 1. The Balaban J connectivity index is 2.73. The van der Waals surface area contributed by atoms with Gasteiger partial charge in [0, 0.05) is 11.3 Å². The zero-order valence-corrected chi connectivity index (χ0v) is 11.8. The van der Waals surface area contributed by atoms with Crippen LogP contribution in [0.5, 0.6) is 0 Å². The standard InChI is InChI=1S/C12H20N2O3S/c1-4-7-18(16,17)13-8-11-5-6-12(10(3)15)9(2)14-11/h5-6,10,13,15H,4,7-8H2,1-3H3/t10-/m0/s1. The molecule has 0 bridgehead atoms. The van der Waals surface area contributed by atoms with Crippen molar-refractivity contribution in [3.05, 3.63) is 29.1 Å². The van der Waals surface area contributed by atoms with E-state index in [0.29, 0.717) is 12.1 Å². The number of hydrogen-bond acceptors (Lipinski definition) is 4. The third-order valence-electron chi connectivity index (χ3n) is 2.58. The zero-order chi connectivity index (χ0) is 13.8. The number of pyridine rings is 1. The average Bonchev–Trinajstić information content (AvgIpc) is 2.26. The van der Waals surface area contributed by atoms with Crippen molar-refractivity contribution in [3.63, 3.8) is 0 Å². The second-order valence-electron chi connectivity index (χ2n) is 4.29. The topological polar surface area (TPSA) is 79.3 Å². The van der Waals surface area contributed by atoms with Crippen molar-refractivity contribution in [1.82, 2.24) is 9.71 Å². The molecule has 0 radical (unpaired) electrons. The monoisotopic (exact) mass is 272 g/mol. The Hall–Kier alpha value is -0.980. The van der Waals surface area contributed by atoms with Crippen LogP contribution in [0.2, 0.25) is 0 Å². The summed E-state index contributed by atoms with van der Waals surface area (Å²) < 4.78 is 25.5. The molecule has 102 valence electrons. The van der Waals surface area contributed by atoms with Crippen LogP contribution in [0.3, 0.4) is 0 Å². The Morgan fingerprint density at radius 3 is 2.61 bits per heavy atom. The minimum atomic E-state index is -3.21. The lowest BCUT2D eigenvalue weighted by atomic mass is 10.1. The molecule has 0 fully saturated rings. The third-order valence-corrected chi connectivity index (χ3v) is 4.11. The van der Waals surface area contributed by atoms with Gasteiger partial charge in [-0.15, -0.1) is 0 Å². The van der Waals surface area contributed by atoms with Crippen molar-refractivity contribution in [2.24, 2.45) is 0 Å². The van der Waals surface area contributed by atoms with E-state index in [4.69, 9.17) is 0 Å². The predicted octanol–water partition coefficient (Wildman–Crippen LogP) is 1.27. The van der Waals surface area contributed by atoms with Crippen molar-refractivity contribution in [1.29, 1.82) is 0 Å². The van der Waals surface area contributed by atoms with E-state index < -0.39 is 16.1 Å². The molecule has 0 unspecified atom stereocenters. The van der Waals surface area contributed by atoms with Gasteiger partial charge in [0.2, 0.25) is 10.0 Å². The summed E-state index contributed by atoms with van der Waals surface area (Å²) in [4.78, 5) is 4.27. The van der Waals surface area contributed by atoms with Gasteiger partial charge in [0.05, 0.1) is 24.1 Å². The molecule has 0 spiro atoms. The highest BCUT2D eigenvalue weighted by Crippen LogP contribution is 2.15. The lowest BCUT2D eigenvalue weighted by Gasteiger charge is -2.10. The van der Waals surface area contributed by atoms with Crippen molar-refractivity contribution in [2.45, 2.75) is 39.8 Å². The first kappa shape index (κ1) is 15.1. The number of aliphatic hydroxyl groups excluding tert-OH is 1. The molecular weight excluding hydrogens is 252 g/mol. The van der Waals surface area contributed by atoms with E-state index in [1.54, 1.807) is 26.0 Å². The van der Waals surface area contributed by atoms with Crippen molar-refractivity contribution < 1.29 is 13.5 Å². The Kier molecular flexibility index (Phi) is 5.25. The number of sulfonamides is 1. The minimum Gasteiger partial charge on any atom is -0.389 e. The molecule has 1 heterocycles. The first-order valence-electron chi connectivity index (χ1n) is 5.97. The molecule has 18 heavy (non-hydrogen) atoms. The fraction of sp³-hybridized carbons (Fsp3) is 0.583. The SMILES string of the molecule is CCCS(=O)(=O)NCc1ccc([C@H](C)O)c(C)n1. The van der Waals surface area contributed by atoms with Gasteiger partial charge in [-0.3, -0.25) is 4.98 Å². The summed E-state index contributed by atoms with van der Waals surface area (Å²) in [5.41, 5.74) is 2.13. The molecule has 6 heteroatoms. The fourth-order valence-electron chi connectivity index (χ4n) is 1.69. The Bertz CT molecular complexity index is 498. The van der Waals surface area contributed by atoms with Gasteiger partial charge >= 0.3 is 0 Å². The summed E-state index contributed by atoms with van der Waals surface area (Å²) in [5, 5.41) is 9.47. The van der Waals surface area contributed by atoms with Gasteiger partial charge in [-0.2, -0.15) is 0 Å². The molecule has 1 aromatic heterocycles. The van der Waals surface area contributed by atoms with Crippen LogP contribution >= 0.6 is 0 Å². The predicted molar refractivity (Wildman–Crippen MR) is 70.5 cm³/mol. The van der Waals surface area contributed by atoms with E-state index in [1.807, 2.05) is 6.92 Å². The van der Waals surface area contributed by atoms with E-state index in [9.17, 15) is 13.5 Å². The summed E-state index contributed by atoms with van der Waals surface area (Å²) in [5.74, 6) is 0.123. The van der Waals surface area contributed by atoms with Crippen LogP contribution in [0.15, 0.2) is 12.1 Å². The molecule has 0 aromatic carbocycles. The van der Waals surface area contributed by atoms with Crippen LogP contribution in [-0.4, -0.2) is 24.3 Å². The molecule has 0 saturated heterocycles. The second-order valence-corrected chi connectivity index (χ2v) is 6.22. The van der Waals surface area contributed by atoms with Crippen molar-refractivity contribution >= 4 is 10.0 Å². The van der Waals surface area contributed by atoms with Crippen LogP contribution in [-0.2, 0) is 16.6 Å². The molecule has 1 rings (SSSR count). The van der Waals surface area contributed by atoms with Crippen LogP contribution in [0.4, 0.5) is 0 Å². The van der Waals surface area contributed by atoms with E-state index in [0.717, 1.165) is 11.3 Å². The Morgan fingerprint density at radius 2 is 2.11 bits per heavy atom. The Labute approximate surface area is 108 Å². The van der Waals surface area contributed by atoms with Gasteiger partial charge in [-0.05, 0) is 26.3 Å². The number of aromatic nitrogens is 1. The van der Waals surface area contributed by atoms with E-state index >= 15 is 0 Å². The van der Waals surface area contributed by atoms with Crippen LogP contribution in [0.1, 0.15) is 43.3 Å². The van der Waals surface area contributed by atoms with E-state index in [1.165, 1.54) is 0 Å². The molecule has 0 aliphatic rings. The summed E-state index contributed by atoms with van der Waals surface area (Å²) >= 11 is 0. The number of aryl methyl sites for hydroxylation is 1. The minimum absolute atomic E-state index is 0.123. The van der Waals surface area contributed by atoms with Crippen molar-refractivity contribution in [3.8, 4) is 0 Å². The maximum atomic E-state index is 11.5. The maximum Gasteiger partial charge on any atom is 0.211 e. The molecule has 0 aliphatic heterocycles. The first-order valence-corrected chi connectivity index (χ1v) is 7.62. The summed E-state index contributed by atoms with van der Waals surface area (Å²) in [6, 6.07) is 3.50. The summed E-state index contributed by atoms with van der Waals surface area (Å²) in [6.07, 6.45) is 0.0197. The summed E-state index contributed by atoms with van der Waals surface area (Å²) in [6.45, 7) is 5.47. The Morgan fingerprint density at radius 1 is 1.44 bits per heavy atom. The molecular formula is C12H20N2O3S. The van der Waals surface area contributed by atoms with Gasteiger partial charge < -0.3 is 5.11 Å². The van der Waals surface area contributed by atoms with Gasteiger partial charge in [0.1, 0.15) is 0 Å². The van der Waals surface area contributed by atoms with Crippen molar-refractivity contribution in [2.75, 3.05) is 5.75 Å². The molecule has 0 saturated carbocycles. The van der Waals surface area contributed by atoms with Gasteiger partial charge in [0.25, 0.3) is 0 Å².